The highest BCUT2D eigenvalue weighted by Crippen LogP contribution is 2.59. The first-order valence-corrected chi connectivity index (χ1v) is 5.58. The maximum atomic E-state index is 11.0. The minimum Gasteiger partial charge on any atom is -0.365 e. The summed E-state index contributed by atoms with van der Waals surface area (Å²) in [6.07, 6.45) is 6.04. The van der Waals surface area contributed by atoms with E-state index in [1.165, 1.54) is 6.42 Å². The molecule has 0 aromatic heterocycles. The Morgan fingerprint density at radius 2 is 2.38 bits per heavy atom. The van der Waals surface area contributed by atoms with Gasteiger partial charge >= 0.3 is 0 Å². The van der Waals surface area contributed by atoms with Gasteiger partial charge in [0.15, 0.2) is 0 Å². The highest BCUT2D eigenvalue weighted by molar-refractivity contribution is 5.96. The number of rotatable bonds is 2. The van der Waals surface area contributed by atoms with Crippen molar-refractivity contribution in [1.29, 1.82) is 5.26 Å². The molecule has 3 aliphatic carbocycles. The molecule has 3 rings (SSSR count). The number of carbonyl (C=O) groups is 1. The van der Waals surface area contributed by atoms with E-state index in [1.54, 1.807) is 6.08 Å². The number of hydrogen-bond acceptors (Lipinski definition) is 2. The van der Waals surface area contributed by atoms with Gasteiger partial charge in [0.25, 0.3) is 5.91 Å². The molecule has 2 bridgehead atoms. The van der Waals surface area contributed by atoms with Gasteiger partial charge in [0.05, 0.1) is 0 Å². The molecular formula is C13H16N2O. The first kappa shape index (κ1) is 10.9. The number of amides is 1. The molecule has 1 amide bonds. The zero-order valence-electron chi connectivity index (χ0n) is 9.66. The van der Waals surface area contributed by atoms with Crippen molar-refractivity contribution >= 4 is 5.91 Å². The molecule has 0 aliphatic heterocycles. The minimum atomic E-state index is -0.636. The van der Waals surface area contributed by atoms with E-state index in [0.717, 1.165) is 17.9 Å². The van der Waals surface area contributed by atoms with Crippen LogP contribution in [0.2, 0.25) is 0 Å². The summed E-state index contributed by atoms with van der Waals surface area (Å²) in [6.45, 7) is 4.51. The highest BCUT2D eigenvalue weighted by Gasteiger charge is 2.50. The van der Waals surface area contributed by atoms with E-state index < -0.39 is 5.91 Å². The Bertz CT molecular complexity index is 437. The molecule has 3 nitrogen and oxygen atoms in total. The van der Waals surface area contributed by atoms with E-state index in [4.69, 9.17) is 11.0 Å². The molecule has 2 N–H and O–H groups in total. The van der Waals surface area contributed by atoms with Gasteiger partial charge in [-0.05, 0) is 41.7 Å². The van der Waals surface area contributed by atoms with Crippen LogP contribution in [-0.2, 0) is 4.79 Å². The van der Waals surface area contributed by atoms with Gasteiger partial charge in [-0.3, -0.25) is 4.79 Å². The average molecular weight is 216 g/mol. The molecule has 0 radical (unpaired) electrons. The number of hydrogen-bond donors (Lipinski definition) is 1. The van der Waals surface area contributed by atoms with Gasteiger partial charge < -0.3 is 5.73 Å². The molecule has 16 heavy (non-hydrogen) atoms. The van der Waals surface area contributed by atoms with E-state index >= 15 is 0 Å². The van der Waals surface area contributed by atoms with Gasteiger partial charge in [-0.1, -0.05) is 19.9 Å². The number of allylic oxidation sites excluding steroid dienone is 3. The maximum Gasteiger partial charge on any atom is 0.259 e. The van der Waals surface area contributed by atoms with Crippen LogP contribution in [0.25, 0.3) is 0 Å². The fraction of sp³-hybridized carbons (Fsp3) is 0.538. The summed E-state index contributed by atoms with van der Waals surface area (Å²) >= 11 is 0. The fourth-order valence-electron chi connectivity index (χ4n) is 2.89. The van der Waals surface area contributed by atoms with E-state index in [2.05, 4.69) is 19.9 Å². The number of nitrogens with zero attached hydrogens (tertiary/aromatic N) is 1. The predicted molar refractivity (Wildman–Crippen MR) is 61.0 cm³/mol. The fourth-order valence-corrected chi connectivity index (χ4v) is 2.89. The molecular weight excluding hydrogens is 200 g/mol. The van der Waals surface area contributed by atoms with Crippen molar-refractivity contribution in [3.8, 4) is 6.07 Å². The van der Waals surface area contributed by atoms with Gasteiger partial charge in [0.1, 0.15) is 11.6 Å². The molecule has 0 heterocycles. The Balaban J connectivity index is 2.28. The third-order valence-electron chi connectivity index (χ3n) is 4.21. The summed E-state index contributed by atoms with van der Waals surface area (Å²) in [7, 11) is 0. The SMILES string of the molecule is CC1(C)[C@H]2CC=C(/C=C(\C#N)C(N)=O)[C@@H]1C2. The first-order valence-electron chi connectivity index (χ1n) is 5.58. The van der Waals surface area contributed by atoms with E-state index in [1.807, 2.05) is 6.07 Å². The summed E-state index contributed by atoms with van der Waals surface area (Å²) in [4.78, 5) is 11.0. The van der Waals surface area contributed by atoms with Crippen LogP contribution in [0, 0.1) is 28.6 Å². The van der Waals surface area contributed by atoms with Gasteiger partial charge in [-0.2, -0.15) is 5.26 Å². The molecule has 0 aromatic rings. The molecule has 1 fully saturated rings. The van der Waals surface area contributed by atoms with Crippen molar-refractivity contribution in [1.82, 2.24) is 0 Å². The second-order valence-electron chi connectivity index (χ2n) is 5.28. The Labute approximate surface area is 95.6 Å². The summed E-state index contributed by atoms with van der Waals surface area (Å²) in [5.41, 5.74) is 6.61. The van der Waals surface area contributed by atoms with Gasteiger partial charge in [-0.25, -0.2) is 0 Å². The van der Waals surface area contributed by atoms with Crippen LogP contribution in [0.15, 0.2) is 23.3 Å². The number of nitrogens with two attached hydrogens (primary N) is 1. The zero-order chi connectivity index (χ0) is 11.9. The normalized spacial score (nSPS) is 31.1. The summed E-state index contributed by atoms with van der Waals surface area (Å²) in [5, 5.41) is 8.81. The Morgan fingerprint density at radius 3 is 2.81 bits per heavy atom. The van der Waals surface area contributed by atoms with Crippen LogP contribution in [0.4, 0.5) is 0 Å². The van der Waals surface area contributed by atoms with Crippen molar-refractivity contribution in [2.45, 2.75) is 26.7 Å². The van der Waals surface area contributed by atoms with Crippen LogP contribution in [-0.4, -0.2) is 5.91 Å². The monoisotopic (exact) mass is 216 g/mol. The average Bonchev–Trinajstić information content (AvgIpc) is 2.25. The molecule has 3 aliphatic rings. The lowest BCUT2D eigenvalue weighted by Crippen LogP contribution is -2.47. The Hall–Kier alpha value is -1.56. The minimum absolute atomic E-state index is 0.0624. The first-order chi connectivity index (χ1) is 7.46. The highest BCUT2D eigenvalue weighted by atomic mass is 16.1. The molecule has 1 saturated carbocycles. The summed E-state index contributed by atoms with van der Waals surface area (Å²) in [5.74, 6) is 0.602. The standard InChI is InChI=1S/C13H16N2O/c1-13(2)10-4-3-8(11(13)6-10)5-9(7-14)12(15)16/h3,5,10-11H,4,6H2,1-2H3,(H2,15,16)/b9-5+/t10-,11-/m0/s1. The maximum absolute atomic E-state index is 11.0. The summed E-state index contributed by atoms with van der Waals surface area (Å²) in [6, 6.07) is 1.86. The number of carbonyl (C=O) groups excluding carboxylic acids is 1. The zero-order valence-corrected chi connectivity index (χ0v) is 9.66. The number of nitriles is 1. The van der Waals surface area contributed by atoms with E-state index in [-0.39, 0.29) is 5.57 Å². The number of primary amides is 1. The van der Waals surface area contributed by atoms with Gasteiger partial charge in [0.2, 0.25) is 0 Å². The van der Waals surface area contributed by atoms with Crippen molar-refractivity contribution < 1.29 is 4.79 Å². The molecule has 0 unspecified atom stereocenters. The van der Waals surface area contributed by atoms with E-state index in [9.17, 15) is 4.79 Å². The second-order valence-corrected chi connectivity index (χ2v) is 5.28. The molecule has 2 atom stereocenters. The van der Waals surface area contributed by atoms with E-state index in [0.29, 0.717) is 11.3 Å². The van der Waals surface area contributed by atoms with Crippen LogP contribution >= 0.6 is 0 Å². The molecule has 0 spiro atoms. The molecule has 3 heteroatoms. The molecule has 0 aromatic carbocycles. The Morgan fingerprint density at radius 1 is 1.69 bits per heavy atom. The predicted octanol–water partition coefficient (Wildman–Crippen LogP) is 1.91. The third kappa shape index (κ3) is 1.46. The lowest BCUT2D eigenvalue weighted by Gasteiger charge is -2.56. The van der Waals surface area contributed by atoms with Crippen molar-refractivity contribution in [2.24, 2.45) is 23.0 Å². The Kier molecular flexibility index (Phi) is 2.38. The summed E-state index contributed by atoms with van der Waals surface area (Å²) < 4.78 is 0. The lowest BCUT2D eigenvalue weighted by molar-refractivity contribution is -0.114. The van der Waals surface area contributed by atoms with Gasteiger partial charge in [-0.15, -0.1) is 0 Å². The molecule has 84 valence electrons. The van der Waals surface area contributed by atoms with Crippen LogP contribution in [0.5, 0.6) is 0 Å². The van der Waals surface area contributed by atoms with Crippen LogP contribution < -0.4 is 5.73 Å². The van der Waals surface area contributed by atoms with Crippen LogP contribution in [0.1, 0.15) is 26.7 Å². The third-order valence-corrected chi connectivity index (χ3v) is 4.21. The number of fused-ring (bicyclic) bond motifs is 1. The quantitative estimate of drug-likeness (QED) is 0.566. The van der Waals surface area contributed by atoms with Crippen molar-refractivity contribution in [3.63, 3.8) is 0 Å². The smallest absolute Gasteiger partial charge is 0.259 e. The second kappa shape index (κ2) is 3.48. The molecule has 0 saturated heterocycles. The van der Waals surface area contributed by atoms with Crippen LogP contribution in [0.3, 0.4) is 0 Å². The topological polar surface area (TPSA) is 66.9 Å². The largest absolute Gasteiger partial charge is 0.365 e. The van der Waals surface area contributed by atoms with Crippen molar-refractivity contribution in [2.75, 3.05) is 0 Å². The van der Waals surface area contributed by atoms with Crippen molar-refractivity contribution in [3.05, 3.63) is 23.3 Å². The lowest BCUT2D eigenvalue weighted by atomic mass is 9.49. The van der Waals surface area contributed by atoms with Gasteiger partial charge in [0, 0.05) is 0 Å².